The van der Waals surface area contributed by atoms with Gasteiger partial charge in [0.25, 0.3) is 0 Å². The number of imidazole rings is 1. The van der Waals surface area contributed by atoms with Gasteiger partial charge in [-0.05, 0) is 44.4 Å². The van der Waals surface area contributed by atoms with Gasteiger partial charge < -0.3 is 5.32 Å². The quantitative estimate of drug-likeness (QED) is 0.931. The molecule has 0 spiro atoms. The second-order valence-electron chi connectivity index (χ2n) is 5.35. The van der Waals surface area contributed by atoms with E-state index in [0.717, 1.165) is 24.2 Å². The molecule has 2 aromatic rings. The summed E-state index contributed by atoms with van der Waals surface area (Å²) in [6, 6.07) is 3.30. The summed E-state index contributed by atoms with van der Waals surface area (Å²) < 4.78 is 29.9. The van der Waals surface area contributed by atoms with E-state index in [0.29, 0.717) is 18.2 Å². The maximum Gasteiger partial charge on any atom is 0.150 e. The van der Waals surface area contributed by atoms with E-state index in [1.807, 2.05) is 6.92 Å². The molecule has 5 heteroatoms. The van der Waals surface area contributed by atoms with Gasteiger partial charge in [0.05, 0.1) is 12.0 Å². The summed E-state index contributed by atoms with van der Waals surface area (Å²) in [6.45, 7) is 4.11. The van der Waals surface area contributed by atoms with Crippen LogP contribution in [0.1, 0.15) is 29.8 Å². The molecule has 1 aromatic carbocycles. The molecule has 0 atom stereocenters. The van der Waals surface area contributed by atoms with Crippen LogP contribution in [0.2, 0.25) is 0 Å². The van der Waals surface area contributed by atoms with E-state index in [1.165, 1.54) is 23.0 Å². The molecular weight excluding hydrogens is 260 g/mol. The fourth-order valence-electron chi connectivity index (χ4n) is 2.22. The van der Waals surface area contributed by atoms with Gasteiger partial charge in [-0.25, -0.2) is 13.8 Å². The molecule has 1 aromatic heterocycles. The van der Waals surface area contributed by atoms with Gasteiger partial charge in [0.2, 0.25) is 0 Å². The largest absolute Gasteiger partial charge is 0.310 e. The predicted molar refractivity (Wildman–Crippen MR) is 72.8 cm³/mol. The third-order valence-electron chi connectivity index (χ3n) is 3.74. The van der Waals surface area contributed by atoms with Crippen LogP contribution in [0.15, 0.2) is 18.5 Å². The average molecular weight is 277 g/mol. The van der Waals surface area contributed by atoms with Crippen molar-refractivity contribution in [3.63, 3.8) is 0 Å². The Bertz CT molecular complexity index is 622. The van der Waals surface area contributed by atoms with E-state index in [9.17, 15) is 8.78 Å². The highest BCUT2D eigenvalue weighted by molar-refractivity contribution is 5.40. The second kappa shape index (κ2) is 4.98. The Kier molecular flexibility index (Phi) is 3.30. The molecule has 1 aliphatic rings. The molecule has 0 bridgehead atoms. The maximum absolute atomic E-state index is 14.2. The van der Waals surface area contributed by atoms with Gasteiger partial charge in [0, 0.05) is 18.3 Å². The Morgan fingerprint density at radius 2 is 1.90 bits per heavy atom. The van der Waals surface area contributed by atoms with Gasteiger partial charge in [-0.15, -0.1) is 0 Å². The second-order valence-corrected chi connectivity index (χ2v) is 5.35. The molecular formula is C15H17F2N3. The Balaban J connectivity index is 1.93. The number of aromatic nitrogens is 2. The molecule has 0 aliphatic heterocycles. The summed E-state index contributed by atoms with van der Waals surface area (Å²) in [5, 5.41) is 3.25. The van der Waals surface area contributed by atoms with Gasteiger partial charge in [-0.2, -0.15) is 0 Å². The number of nitrogens with zero attached hydrogens (tertiary/aromatic N) is 2. The lowest BCUT2D eigenvalue weighted by atomic mass is 10.1. The molecule has 1 N–H and O–H groups in total. The fourth-order valence-corrected chi connectivity index (χ4v) is 2.22. The summed E-state index contributed by atoms with van der Waals surface area (Å²) >= 11 is 0. The molecule has 1 aliphatic carbocycles. The third kappa shape index (κ3) is 2.45. The number of nitrogens with one attached hydrogen (secondary N) is 1. The SMILES string of the molecule is Cc1ncn(-c2c(F)cc(CNC3CC3)cc2F)c1C. The van der Waals surface area contributed by atoms with Crippen LogP contribution < -0.4 is 5.32 Å². The van der Waals surface area contributed by atoms with Crippen molar-refractivity contribution in [2.45, 2.75) is 39.3 Å². The minimum absolute atomic E-state index is 0.0572. The van der Waals surface area contributed by atoms with E-state index in [2.05, 4.69) is 10.3 Å². The molecule has 0 radical (unpaired) electrons. The van der Waals surface area contributed by atoms with Crippen LogP contribution in [0.3, 0.4) is 0 Å². The minimum atomic E-state index is -0.557. The third-order valence-corrected chi connectivity index (χ3v) is 3.74. The highest BCUT2D eigenvalue weighted by atomic mass is 19.1. The monoisotopic (exact) mass is 277 g/mol. The molecule has 0 amide bonds. The van der Waals surface area contributed by atoms with Crippen molar-refractivity contribution in [2.24, 2.45) is 0 Å². The van der Waals surface area contributed by atoms with Crippen LogP contribution in [-0.4, -0.2) is 15.6 Å². The predicted octanol–water partition coefficient (Wildman–Crippen LogP) is 3.02. The van der Waals surface area contributed by atoms with Crippen LogP contribution in [0, 0.1) is 25.5 Å². The van der Waals surface area contributed by atoms with Crippen molar-refractivity contribution in [2.75, 3.05) is 0 Å². The van der Waals surface area contributed by atoms with Crippen LogP contribution in [0.25, 0.3) is 5.69 Å². The lowest BCUT2D eigenvalue weighted by Crippen LogP contribution is -2.16. The van der Waals surface area contributed by atoms with Crippen LogP contribution in [0.4, 0.5) is 8.78 Å². The molecule has 20 heavy (non-hydrogen) atoms. The lowest BCUT2D eigenvalue weighted by Gasteiger charge is -2.11. The van der Waals surface area contributed by atoms with Crippen molar-refractivity contribution in [1.29, 1.82) is 0 Å². The molecule has 3 nitrogen and oxygen atoms in total. The van der Waals surface area contributed by atoms with Gasteiger partial charge in [-0.3, -0.25) is 4.57 Å². The molecule has 1 heterocycles. The first-order valence-corrected chi connectivity index (χ1v) is 6.78. The van der Waals surface area contributed by atoms with E-state index in [4.69, 9.17) is 0 Å². The number of rotatable bonds is 4. The number of halogens is 2. The molecule has 106 valence electrons. The van der Waals surface area contributed by atoms with Crippen LogP contribution in [0.5, 0.6) is 0 Å². The van der Waals surface area contributed by atoms with Gasteiger partial charge in [-0.1, -0.05) is 0 Å². The molecule has 0 saturated heterocycles. The molecule has 0 unspecified atom stereocenters. The average Bonchev–Trinajstić information content (AvgIpc) is 3.17. The zero-order chi connectivity index (χ0) is 14.3. The van der Waals surface area contributed by atoms with E-state index in [1.54, 1.807) is 6.92 Å². The Morgan fingerprint density at radius 1 is 1.25 bits per heavy atom. The van der Waals surface area contributed by atoms with Crippen molar-refractivity contribution in [1.82, 2.24) is 14.9 Å². The zero-order valence-electron chi connectivity index (χ0n) is 11.6. The molecule has 1 saturated carbocycles. The minimum Gasteiger partial charge on any atom is -0.310 e. The standard InChI is InChI=1S/C15H17F2N3/c1-9-10(2)20(8-19-9)15-13(16)5-11(6-14(15)17)7-18-12-3-4-12/h5-6,8,12,18H,3-4,7H2,1-2H3. The van der Waals surface area contributed by atoms with Crippen molar-refractivity contribution < 1.29 is 8.78 Å². The highest BCUT2D eigenvalue weighted by Crippen LogP contribution is 2.24. The summed E-state index contributed by atoms with van der Waals surface area (Å²) in [5.41, 5.74) is 2.08. The fraction of sp³-hybridized carbons (Fsp3) is 0.400. The summed E-state index contributed by atoms with van der Waals surface area (Å²) in [4.78, 5) is 4.08. The summed E-state index contributed by atoms with van der Waals surface area (Å²) in [5.74, 6) is -1.11. The van der Waals surface area contributed by atoms with E-state index in [-0.39, 0.29) is 5.69 Å². The zero-order valence-corrected chi connectivity index (χ0v) is 11.6. The lowest BCUT2D eigenvalue weighted by molar-refractivity contribution is 0.560. The van der Waals surface area contributed by atoms with Crippen molar-refractivity contribution in [3.05, 3.63) is 47.0 Å². The first kappa shape index (κ1) is 13.2. The maximum atomic E-state index is 14.2. The van der Waals surface area contributed by atoms with E-state index >= 15 is 0 Å². The topological polar surface area (TPSA) is 29.9 Å². The van der Waals surface area contributed by atoms with Crippen LogP contribution >= 0.6 is 0 Å². The first-order valence-electron chi connectivity index (χ1n) is 6.78. The number of aryl methyl sites for hydroxylation is 1. The first-order chi connectivity index (χ1) is 9.56. The number of hydrogen-bond acceptors (Lipinski definition) is 2. The Morgan fingerprint density at radius 3 is 2.40 bits per heavy atom. The Hall–Kier alpha value is -1.75. The molecule has 3 rings (SSSR count). The van der Waals surface area contributed by atoms with Gasteiger partial charge in [0.1, 0.15) is 5.69 Å². The summed E-state index contributed by atoms with van der Waals surface area (Å²) in [7, 11) is 0. The summed E-state index contributed by atoms with van der Waals surface area (Å²) in [6.07, 6.45) is 3.75. The van der Waals surface area contributed by atoms with Crippen molar-refractivity contribution in [3.8, 4) is 5.69 Å². The van der Waals surface area contributed by atoms with Gasteiger partial charge in [0.15, 0.2) is 11.6 Å². The van der Waals surface area contributed by atoms with Gasteiger partial charge >= 0.3 is 0 Å². The van der Waals surface area contributed by atoms with Crippen molar-refractivity contribution >= 4 is 0 Å². The highest BCUT2D eigenvalue weighted by Gasteiger charge is 2.21. The van der Waals surface area contributed by atoms with E-state index < -0.39 is 11.6 Å². The Labute approximate surface area is 116 Å². The molecule has 1 fully saturated rings. The number of benzene rings is 1. The normalized spacial score (nSPS) is 14.8. The smallest absolute Gasteiger partial charge is 0.150 e. The number of hydrogen-bond donors (Lipinski definition) is 1. The van der Waals surface area contributed by atoms with Crippen LogP contribution in [-0.2, 0) is 6.54 Å².